The van der Waals surface area contributed by atoms with E-state index in [-0.39, 0.29) is 12.4 Å². The van der Waals surface area contributed by atoms with Gasteiger partial charge >= 0.3 is 0 Å². The van der Waals surface area contributed by atoms with Crippen LogP contribution in [0, 0.1) is 5.92 Å². The molecule has 1 N–H and O–H groups in total. The van der Waals surface area contributed by atoms with Crippen LogP contribution in [-0.4, -0.2) is 26.8 Å². The van der Waals surface area contributed by atoms with Gasteiger partial charge in [-0.25, -0.2) is 0 Å². The number of hydrogen-bond acceptors (Lipinski definition) is 3. The molecule has 0 unspecified atom stereocenters. The normalized spacial score (nSPS) is 16.1. The Bertz CT molecular complexity index is 340. The van der Waals surface area contributed by atoms with Crippen LogP contribution in [0.2, 0.25) is 0 Å². The molecule has 102 valence electrons. The van der Waals surface area contributed by atoms with Crippen molar-refractivity contribution in [1.29, 1.82) is 0 Å². The van der Waals surface area contributed by atoms with Gasteiger partial charge in [-0.2, -0.15) is 0 Å². The fraction of sp³-hybridized carbons (Fsp3) is 0.571. The van der Waals surface area contributed by atoms with Crippen LogP contribution in [0.1, 0.15) is 18.4 Å². The molecule has 0 bridgehead atoms. The van der Waals surface area contributed by atoms with E-state index in [2.05, 4.69) is 11.4 Å². The predicted octanol–water partition coefficient (Wildman–Crippen LogP) is 2.63. The van der Waals surface area contributed by atoms with E-state index >= 15 is 0 Å². The van der Waals surface area contributed by atoms with Gasteiger partial charge in [0, 0.05) is 12.2 Å². The fourth-order valence-corrected chi connectivity index (χ4v) is 2.21. The number of hydrogen-bond donors (Lipinski definition) is 1. The molecule has 1 aliphatic rings. The van der Waals surface area contributed by atoms with E-state index in [1.807, 2.05) is 18.2 Å². The highest BCUT2D eigenvalue weighted by molar-refractivity contribution is 5.85. The Morgan fingerprint density at radius 2 is 1.94 bits per heavy atom. The number of para-hydroxylation sites is 1. The Morgan fingerprint density at radius 3 is 2.67 bits per heavy atom. The fourth-order valence-electron chi connectivity index (χ4n) is 2.21. The average Bonchev–Trinajstić information content (AvgIpc) is 2.40. The molecule has 1 aromatic carbocycles. The summed E-state index contributed by atoms with van der Waals surface area (Å²) in [6, 6.07) is 8.03. The van der Waals surface area contributed by atoms with Crippen LogP contribution in [0.25, 0.3) is 0 Å². The van der Waals surface area contributed by atoms with Gasteiger partial charge in [0.05, 0.1) is 13.7 Å². The minimum Gasteiger partial charge on any atom is -0.496 e. The second-order valence-corrected chi connectivity index (χ2v) is 4.52. The minimum atomic E-state index is 0. The van der Waals surface area contributed by atoms with E-state index in [0.717, 1.165) is 31.0 Å². The Kier molecular flexibility index (Phi) is 7.09. The van der Waals surface area contributed by atoms with Crippen molar-refractivity contribution in [2.75, 3.05) is 26.8 Å². The summed E-state index contributed by atoms with van der Waals surface area (Å²) in [4.78, 5) is 0. The number of nitrogens with one attached hydrogen (secondary N) is 1. The monoisotopic (exact) mass is 271 g/mol. The molecular weight excluding hydrogens is 250 g/mol. The van der Waals surface area contributed by atoms with Crippen LogP contribution in [0.4, 0.5) is 0 Å². The van der Waals surface area contributed by atoms with Crippen molar-refractivity contribution in [2.24, 2.45) is 5.92 Å². The van der Waals surface area contributed by atoms with Gasteiger partial charge in [-0.3, -0.25) is 0 Å². The second-order valence-electron chi connectivity index (χ2n) is 4.52. The van der Waals surface area contributed by atoms with Crippen LogP contribution in [-0.2, 0) is 11.3 Å². The third-order valence-corrected chi connectivity index (χ3v) is 3.26. The molecule has 0 amide bonds. The molecule has 0 spiro atoms. The highest BCUT2D eigenvalue weighted by Crippen LogP contribution is 2.19. The summed E-state index contributed by atoms with van der Waals surface area (Å²) in [7, 11) is 1.70. The molecule has 0 aliphatic carbocycles. The van der Waals surface area contributed by atoms with Gasteiger partial charge in [-0.15, -0.1) is 12.4 Å². The number of methoxy groups -OCH3 is 1. The molecule has 1 heterocycles. The average molecular weight is 272 g/mol. The Balaban J connectivity index is 0.00000162. The highest BCUT2D eigenvalue weighted by atomic mass is 35.5. The highest BCUT2D eigenvalue weighted by Gasteiger charge is 2.13. The van der Waals surface area contributed by atoms with Crippen molar-refractivity contribution in [2.45, 2.75) is 19.4 Å². The van der Waals surface area contributed by atoms with E-state index in [9.17, 15) is 0 Å². The standard InChI is InChI=1S/C14H21NO2.ClH/c1-16-14-5-3-2-4-13(14)11-17-10-12-6-8-15-9-7-12;/h2-5,12,15H,6-11H2,1H3;1H. The van der Waals surface area contributed by atoms with E-state index < -0.39 is 0 Å². The van der Waals surface area contributed by atoms with Crippen molar-refractivity contribution >= 4 is 12.4 Å². The zero-order chi connectivity index (χ0) is 11.9. The smallest absolute Gasteiger partial charge is 0.124 e. The van der Waals surface area contributed by atoms with Gasteiger partial charge in [0.2, 0.25) is 0 Å². The lowest BCUT2D eigenvalue weighted by molar-refractivity contribution is 0.0751. The first-order valence-electron chi connectivity index (χ1n) is 6.30. The lowest BCUT2D eigenvalue weighted by Crippen LogP contribution is -2.29. The van der Waals surface area contributed by atoms with Crippen LogP contribution < -0.4 is 10.1 Å². The molecule has 0 atom stereocenters. The van der Waals surface area contributed by atoms with E-state index in [4.69, 9.17) is 9.47 Å². The van der Waals surface area contributed by atoms with Crippen molar-refractivity contribution in [3.05, 3.63) is 29.8 Å². The number of piperidine rings is 1. The number of halogens is 1. The Hall–Kier alpha value is -0.770. The van der Waals surface area contributed by atoms with Gasteiger partial charge in [0.15, 0.2) is 0 Å². The molecule has 0 aromatic heterocycles. The van der Waals surface area contributed by atoms with Crippen LogP contribution in [0.3, 0.4) is 0 Å². The first kappa shape index (κ1) is 15.3. The van der Waals surface area contributed by atoms with E-state index in [0.29, 0.717) is 12.5 Å². The molecule has 4 heteroatoms. The molecule has 0 saturated carbocycles. The van der Waals surface area contributed by atoms with Crippen LogP contribution in [0.5, 0.6) is 5.75 Å². The SMILES string of the molecule is COc1ccccc1COCC1CCNCC1.Cl. The molecule has 2 rings (SSSR count). The zero-order valence-corrected chi connectivity index (χ0v) is 11.7. The maximum absolute atomic E-state index is 5.79. The maximum atomic E-state index is 5.79. The van der Waals surface area contributed by atoms with Crippen LogP contribution in [0.15, 0.2) is 24.3 Å². The topological polar surface area (TPSA) is 30.5 Å². The molecule has 3 nitrogen and oxygen atoms in total. The summed E-state index contributed by atoms with van der Waals surface area (Å²) in [6.45, 7) is 3.76. The molecule has 1 aromatic rings. The van der Waals surface area contributed by atoms with Gasteiger partial charge in [-0.05, 0) is 37.9 Å². The Morgan fingerprint density at radius 1 is 1.22 bits per heavy atom. The van der Waals surface area contributed by atoms with Crippen molar-refractivity contribution in [1.82, 2.24) is 5.32 Å². The molecule has 1 aliphatic heterocycles. The quantitative estimate of drug-likeness (QED) is 0.893. The summed E-state index contributed by atoms with van der Waals surface area (Å²) in [5.41, 5.74) is 1.13. The minimum absolute atomic E-state index is 0. The van der Waals surface area contributed by atoms with Crippen molar-refractivity contribution in [3.8, 4) is 5.75 Å². The van der Waals surface area contributed by atoms with Crippen molar-refractivity contribution < 1.29 is 9.47 Å². The van der Waals surface area contributed by atoms with Gasteiger partial charge < -0.3 is 14.8 Å². The molecule has 18 heavy (non-hydrogen) atoms. The third-order valence-electron chi connectivity index (χ3n) is 3.26. The largest absolute Gasteiger partial charge is 0.496 e. The van der Waals surface area contributed by atoms with Crippen LogP contribution >= 0.6 is 12.4 Å². The molecular formula is C14H22ClNO2. The summed E-state index contributed by atoms with van der Waals surface area (Å²) >= 11 is 0. The first-order valence-corrected chi connectivity index (χ1v) is 6.30. The zero-order valence-electron chi connectivity index (χ0n) is 10.9. The van der Waals surface area contributed by atoms with Gasteiger partial charge in [-0.1, -0.05) is 18.2 Å². The Labute approximate surface area is 115 Å². The van der Waals surface area contributed by atoms with E-state index in [1.54, 1.807) is 7.11 Å². The number of rotatable bonds is 5. The lowest BCUT2D eigenvalue weighted by atomic mass is 9.99. The predicted molar refractivity (Wildman–Crippen MR) is 75.5 cm³/mol. The molecule has 1 fully saturated rings. The van der Waals surface area contributed by atoms with Gasteiger partial charge in [0.1, 0.15) is 5.75 Å². The van der Waals surface area contributed by atoms with Gasteiger partial charge in [0.25, 0.3) is 0 Å². The lowest BCUT2D eigenvalue weighted by Gasteiger charge is -2.22. The van der Waals surface area contributed by atoms with Crippen molar-refractivity contribution in [3.63, 3.8) is 0 Å². The number of benzene rings is 1. The molecule has 1 saturated heterocycles. The number of ether oxygens (including phenoxy) is 2. The van der Waals surface area contributed by atoms with E-state index in [1.165, 1.54) is 12.8 Å². The third kappa shape index (κ3) is 4.48. The second kappa shape index (κ2) is 8.35. The summed E-state index contributed by atoms with van der Waals surface area (Å²) < 4.78 is 11.1. The first-order chi connectivity index (χ1) is 8.40. The molecule has 0 radical (unpaired) electrons. The summed E-state index contributed by atoms with van der Waals surface area (Å²) in [5, 5.41) is 3.37. The summed E-state index contributed by atoms with van der Waals surface area (Å²) in [5.74, 6) is 1.63. The summed E-state index contributed by atoms with van der Waals surface area (Å²) in [6.07, 6.45) is 2.46. The maximum Gasteiger partial charge on any atom is 0.124 e.